The molecule has 1 aromatic carbocycles. The van der Waals surface area contributed by atoms with Crippen LogP contribution in [0, 0.1) is 6.92 Å². The number of carbonyl (C=O) groups is 1. The molecular formula is C13H16O. The van der Waals surface area contributed by atoms with Crippen LogP contribution in [0.2, 0.25) is 0 Å². The van der Waals surface area contributed by atoms with E-state index in [1.54, 1.807) is 6.08 Å². The molecule has 1 heteroatoms. The van der Waals surface area contributed by atoms with Crippen molar-refractivity contribution < 1.29 is 4.79 Å². The monoisotopic (exact) mass is 188 g/mol. The Balaban J connectivity index is 2.60. The van der Waals surface area contributed by atoms with E-state index in [-0.39, 0.29) is 5.78 Å². The average Bonchev–Trinajstić information content (AvgIpc) is 2.15. The van der Waals surface area contributed by atoms with Gasteiger partial charge in [-0.25, -0.2) is 0 Å². The fourth-order valence-electron chi connectivity index (χ4n) is 1.33. The molecule has 14 heavy (non-hydrogen) atoms. The van der Waals surface area contributed by atoms with Crippen molar-refractivity contribution in [3.63, 3.8) is 0 Å². The van der Waals surface area contributed by atoms with E-state index < -0.39 is 0 Å². The zero-order chi connectivity index (χ0) is 10.4. The van der Waals surface area contributed by atoms with E-state index in [0.29, 0.717) is 6.42 Å². The molecule has 0 saturated carbocycles. The summed E-state index contributed by atoms with van der Waals surface area (Å²) in [6.45, 7) is 4.06. The Hall–Kier alpha value is -1.37. The molecule has 0 aliphatic carbocycles. The quantitative estimate of drug-likeness (QED) is 0.664. The van der Waals surface area contributed by atoms with Crippen LogP contribution in [0.3, 0.4) is 0 Å². The molecule has 0 radical (unpaired) electrons. The van der Waals surface area contributed by atoms with Gasteiger partial charge in [0, 0.05) is 6.42 Å². The Morgan fingerprint density at radius 2 is 2.21 bits per heavy atom. The molecule has 0 aliphatic heterocycles. The van der Waals surface area contributed by atoms with Crippen molar-refractivity contribution in [1.82, 2.24) is 0 Å². The van der Waals surface area contributed by atoms with Crippen molar-refractivity contribution in [2.45, 2.75) is 26.7 Å². The van der Waals surface area contributed by atoms with Crippen LogP contribution in [0.15, 0.2) is 36.4 Å². The molecule has 0 amide bonds. The fourth-order valence-corrected chi connectivity index (χ4v) is 1.33. The number of benzene rings is 1. The maximum atomic E-state index is 11.4. The predicted molar refractivity (Wildman–Crippen MR) is 59.3 cm³/mol. The molecule has 0 atom stereocenters. The Kier molecular flexibility index (Phi) is 4.11. The van der Waals surface area contributed by atoms with E-state index in [1.807, 2.05) is 38.1 Å². The molecule has 0 spiro atoms. The van der Waals surface area contributed by atoms with Gasteiger partial charge in [-0.3, -0.25) is 4.79 Å². The zero-order valence-electron chi connectivity index (χ0n) is 8.79. The van der Waals surface area contributed by atoms with Crippen LogP contribution >= 0.6 is 0 Å². The highest BCUT2D eigenvalue weighted by Crippen LogP contribution is 2.05. The molecule has 1 nitrogen and oxygen atoms in total. The Morgan fingerprint density at radius 1 is 1.43 bits per heavy atom. The number of aryl methyl sites for hydroxylation is 1. The van der Waals surface area contributed by atoms with Crippen molar-refractivity contribution in [2.75, 3.05) is 0 Å². The SMILES string of the molecule is CC/C=C/C(=O)Cc1cccc(C)c1. The van der Waals surface area contributed by atoms with Crippen molar-refractivity contribution in [1.29, 1.82) is 0 Å². The number of allylic oxidation sites excluding steroid dienone is 2. The summed E-state index contributed by atoms with van der Waals surface area (Å²) >= 11 is 0. The summed E-state index contributed by atoms with van der Waals surface area (Å²) in [4.78, 5) is 11.4. The smallest absolute Gasteiger partial charge is 0.159 e. The van der Waals surface area contributed by atoms with Crippen LogP contribution in [0.5, 0.6) is 0 Å². The third-order valence-electron chi connectivity index (χ3n) is 2.00. The van der Waals surface area contributed by atoms with Crippen molar-refractivity contribution in [3.8, 4) is 0 Å². The molecule has 0 bridgehead atoms. The molecule has 0 aliphatic rings. The van der Waals surface area contributed by atoms with Crippen LogP contribution in [0.4, 0.5) is 0 Å². The van der Waals surface area contributed by atoms with Crippen LogP contribution in [-0.4, -0.2) is 5.78 Å². The highest BCUT2D eigenvalue weighted by molar-refractivity contribution is 5.91. The first-order chi connectivity index (χ1) is 6.72. The van der Waals surface area contributed by atoms with Gasteiger partial charge in [0.05, 0.1) is 0 Å². The topological polar surface area (TPSA) is 17.1 Å². The minimum Gasteiger partial charge on any atom is -0.294 e. The lowest BCUT2D eigenvalue weighted by molar-refractivity contribution is -0.114. The number of hydrogen-bond donors (Lipinski definition) is 0. The number of hydrogen-bond acceptors (Lipinski definition) is 1. The standard InChI is InChI=1S/C13H16O/c1-3-4-8-13(14)10-12-7-5-6-11(2)9-12/h4-9H,3,10H2,1-2H3/b8-4+. The molecule has 0 unspecified atom stereocenters. The maximum absolute atomic E-state index is 11.4. The second-order valence-corrected chi connectivity index (χ2v) is 3.44. The second kappa shape index (κ2) is 5.38. The first-order valence-electron chi connectivity index (χ1n) is 4.97. The molecule has 0 saturated heterocycles. The lowest BCUT2D eigenvalue weighted by Crippen LogP contribution is -1.98. The van der Waals surface area contributed by atoms with Crippen molar-refractivity contribution >= 4 is 5.78 Å². The Labute approximate surface area is 85.5 Å². The number of rotatable bonds is 4. The van der Waals surface area contributed by atoms with Crippen molar-refractivity contribution in [2.24, 2.45) is 0 Å². The van der Waals surface area contributed by atoms with Gasteiger partial charge in [-0.05, 0) is 25.0 Å². The second-order valence-electron chi connectivity index (χ2n) is 3.44. The first kappa shape index (κ1) is 10.7. The normalized spacial score (nSPS) is 10.7. The summed E-state index contributed by atoms with van der Waals surface area (Å²) in [6, 6.07) is 8.07. The molecule has 0 aromatic heterocycles. The van der Waals surface area contributed by atoms with Gasteiger partial charge in [-0.15, -0.1) is 0 Å². The van der Waals surface area contributed by atoms with Crippen molar-refractivity contribution in [3.05, 3.63) is 47.5 Å². The highest BCUT2D eigenvalue weighted by Gasteiger charge is 1.98. The van der Waals surface area contributed by atoms with Gasteiger partial charge in [-0.1, -0.05) is 42.8 Å². The summed E-state index contributed by atoms with van der Waals surface area (Å²) in [5.74, 6) is 0.178. The summed E-state index contributed by atoms with van der Waals surface area (Å²) in [5, 5.41) is 0. The molecular weight excluding hydrogens is 172 g/mol. The predicted octanol–water partition coefficient (Wildman–Crippen LogP) is 3.07. The summed E-state index contributed by atoms with van der Waals surface area (Å²) in [5.41, 5.74) is 2.30. The average molecular weight is 188 g/mol. The molecule has 0 fully saturated rings. The number of ketones is 1. The van der Waals surface area contributed by atoms with Gasteiger partial charge in [0.1, 0.15) is 0 Å². The van der Waals surface area contributed by atoms with Crippen LogP contribution < -0.4 is 0 Å². The van der Waals surface area contributed by atoms with E-state index in [4.69, 9.17) is 0 Å². The van der Waals surface area contributed by atoms with E-state index in [1.165, 1.54) is 5.56 Å². The molecule has 1 aromatic rings. The van der Waals surface area contributed by atoms with Crippen LogP contribution in [-0.2, 0) is 11.2 Å². The van der Waals surface area contributed by atoms with Gasteiger partial charge in [0.15, 0.2) is 5.78 Å². The third kappa shape index (κ3) is 3.56. The lowest BCUT2D eigenvalue weighted by atomic mass is 10.1. The maximum Gasteiger partial charge on any atom is 0.159 e. The van der Waals surface area contributed by atoms with Gasteiger partial charge < -0.3 is 0 Å². The minimum absolute atomic E-state index is 0.178. The molecule has 0 heterocycles. The van der Waals surface area contributed by atoms with Gasteiger partial charge in [-0.2, -0.15) is 0 Å². The first-order valence-corrected chi connectivity index (χ1v) is 4.97. The van der Waals surface area contributed by atoms with Crippen LogP contribution in [0.1, 0.15) is 24.5 Å². The Morgan fingerprint density at radius 3 is 2.86 bits per heavy atom. The highest BCUT2D eigenvalue weighted by atomic mass is 16.1. The van der Waals surface area contributed by atoms with Gasteiger partial charge in [0.25, 0.3) is 0 Å². The van der Waals surface area contributed by atoms with Gasteiger partial charge in [0.2, 0.25) is 0 Å². The van der Waals surface area contributed by atoms with Crippen LogP contribution in [0.25, 0.3) is 0 Å². The largest absolute Gasteiger partial charge is 0.294 e. The summed E-state index contributed by atoms with van der Waals surface area (Å²) in [6.07, 6.45) is 5.00. The van der Waals surface area contributed by atoms with E-state index in [9.17, 15) is 4.79 Å². The van der Waals surface area contributed by atoms with E-state index in [2.05, 4.69) is 6.07 Å². The summed E-state index contributed by atoms with van der Waals surface area (Å²) < 4.78 is 0. The fraction of sp³-hybridized carbons (Fsp3) is 0.308. The zero-order valence-corrected chi connectivity index (χ0v) is 8.79. The molecule has 0 N–H and O–H groups in total. The minimum atomic E-state index is 0.178. The third-order valence-corrected chi connectivity index (χ3v) is 2.00. The van der Waals surface area contributed by atoms with E-state index in [0.717, 1.165) is 12.0 Å². The molecule has 1 rings (SSSR count). The Bertz CT molecular complexity index is 337. The summed E-state index contributed by atoms with van der Waals surface area (Å²) in [7, 11) is 0. The van der Waals surface area contributed by atoms with Gasteiger partial charge >= 0.3 is 0 Å². The lowest BCUT2D eigenvalue weighted by Gasteiger charge is -1.98. The van der Waals surface area contributed by atoms with E-state index >= 15 is 0 Å². The molecule has 74 valence electrons. The number of carbonyl (C=O) groups excluding carboxylic acids is 1.